The van der Waals surface area contributed by atoms with E-state index in [0.717, 1.165) is 35.0 Å². The van der Waals surface area contributed by atoms with Gasteiger partial charge in [0.1, 0.15) is 0 Å². The minimum Gasteiger partial charge on any atom is -0.398 e. The summed E-state index contributed by atoms with van der Waals surface area (Å²) in [5, 5.41) is 5.10. The average Bonchev–Trinajstić information content (AvgIpc) is 2.92. The Morgan fingerprint density at radius 2 is 2.29 bits per heavy atom. The fourth-order valence-corrected chi connectivity index (χ4v) is 4.31. The molecule has 110 valence electrons. The molecular formula is C16H17BrN2OS. The summed E-state index contributed by atoms with van der Waals surface area (Å²) in [6.45, 7) is 1.95. The van der Waals surface area contributed by atoms with E-state index in [1.165, 1.54) is 10.4 Å². The first-order valence-corrected chi connectivity index (χ1v) is 8.66. The molecule has 2 aromatic rings. The second-order valence-electron chi connectivity index (χ2n) is 5.42. The number of hydrogen-bond acceptors (Lipinski definition) is 3. The summed E-state index contributed by atoms with van der Waals surface area (Å²) in [5.74, 6) is 0.00716. The van der Waals surface area contributed by atoms with Crippen LogP contribution in [-0.4, -0.2) is 5.91 Å². The van der Waals surface area contributed by atoms with Crippen molar-refractivity contribution in [2.45, 2.75) is 32.1 Å². The van der Waals surface area contributed by atoms with Gasteiger partial charge >= 0.3 is 0 Å². The smallest absolute Gasteiger partial charge is 0.231 e. The minimum absolute atomic E-state index is 0.0468. The lowest BCUT2D eigenvalue weighted by atomic mass is 9.87. The predicted molar refractivity (Wildman–Crippen MR) is 91.9 cm³/mol. The maximum atomic E-state index is 12.6. The highest BCUT2D eigenvalue weighted by atomic mass is 79.9. The van der Waals surface area contributed by atoms with Crippen LogP contribution in [-0.2, 0) is 11.2 Å². The number of nitrogens with two attached hydrogens (primary N) is 1. The summed E-state index contributed by atoms with van der Waals surface area (Å²) in [6.07, 6.45) is 3.08. The quantitative estimate of drug-likeness (QED) is 0.772. The number of nitrogens with one attached hydrogen (secondary N) is 1. The molecule has 1 heterocycles. The number of anilines is 2. The van der Waals surface area contributed by atoms with Crippen LogP contribution in [0.25, 0.3) is 0 Å². The van der Waals surface area contributed by atoms with Crippen molar-refractivity contribution in [3.05, 3.63) is 44.1 Å². The second kappa shape index (κ2) is 5.81. The fraction of sp³-hybridized carbons (Fsp3) is 0.312. The SMILES string of the molecule is Cc1cc(Br)c(NC(=O)C2CCCc3sccc32)cc1N. The number of rotatable bonds is 2. The number of amides is 1. The molecule has 1 atom stereocenters. The molecule has 0 aliphatic heterocycles. The highest BCUT2D eigenvalue weighted by molar-refractivity contribution is 9.10. The number of nitrogen functional groups attached to an aromatic ring is 1. The van der Waals surface area contributed by atoms with E-state index in [0.29, 0.717) is 5.69 Å². The largest absolute Gasteiger partial charge is 0.398 e. The number of halogens is 1. The molecular weight excluding hydrogens is 348 g/mol. The van der Waals surface area contributed by atoms with Crippen molar-refractivity contribution in [1.29, 1.82) is 0 Å². The standard InChI is InChI=1S/C16H17BrN2OS/c1-9-7-12(17)14(8-13(9)18)19-16(20)11-3-2-4-15-10(11)5-6-21-15/h5-8,11H,2-4,18H2,1H3,(H,19,20). The van der Waals surface area contributed by atoms with E-state index in [1.54, 1.807) is 11.3 Å². The molecule has 3 N–H and O–H groups in total. The highest BCUT2D eigenvalue weighted by Gasteiger charge is 2.27. The van der Waals surface area contributed by atoms with Crippen molar-refractivity contribution in [2.24, 2.45) is 0 Å². The molecule has 1 aromatic heterocycles. The number of aryl methyl sites for hydroxylation is 2. The summed E-state index contributed by atoms with van der Waals surface area (Å²) >= 11 is 5.24. The zero-order valence-electron chi connectivity index (χ0n) is 11.8. The zero-order valence-corrected chi connectivity index (χ0v) is 14.2. The third-order valence-electron chi connectivity index (χ3n) is 3.98. The van der Waals surface area contributed by atoms with Gasteiger partial charge in [0.05, 0.1) is 11.6 Å². The van der Waals surface area contributed by atoms with Gasteiger partial charge in [0, 0.05) is 15.0 Å². The minimum atomic E-state index is -0.0468. The summed E-state index contributed by atoms with van der Waals surface area (Å²) in [5.41, 5.74) is 9.55. The molecule has 0 saturated heterocycles. The molecule has 1 aliphatic carbocycles. The van der Waals surface area contributed by atoms with Gasteiger partial charge in [0.15, 0.2) is 0 Å². The van der Waals surface area contributed by atoms with Crippen LogP contribution in [0.15, 0.2) is 28.1 Å². The molecule has 1 unspecified atom stereocenters. The lowest BCUT2D eigenvalue weighted by molar-refractivity contribution is -0.117. The lowest BCUT2D eigenvalue weighted by Gasteiger charge is -2.22. The Labute approximate surface area is 136 Å². The van der Waals surface area contributed by atoms with Gasteiger partial charge in [-0.15, -0.1) is 11.3 Å². The van der Waals surface area contributed by atoms with Gasteiger partial charge < -0.3 is 11.1 Å². The summed E-state index contributed by atoms with van der Waals surface area (Å²) in [4.78, 5) is 14.0. The van der Waals surface area contributed by atoms with Crippen molar-refractivity contribution in [1.82, 2.24) is 0 Å². The van der Waals surface area contributed by atoms with E-state index in [4.69, 9.17) is 5.73 Å². The maximum Gasteiger partial charge on any atom is 0.231 e. The second-order valence-corrected chi connectivity index (χ2v) is 7.28. The van der Waals surface area contributed by atoms with Crippen molar-refractivity contribution >= 4 is 44.5 Å². The Hall–Kier alpha value is -1.33. The van der Waals surface area contributed by atoms with Crippen molar-refractivity contribution in [2.75, 3.05) is 11.1 Å². The molecule has 0 bridgehead atoms. The van der Waals surface area contributed by atoms with Crippen LogP contribution in [0.1, 0.15) is 34.8 Å². The summed E-state index contributed by atoms with van der Waals surface area (Å²) in [7, 11) is 0. The molecule has 0 spiro atoms. The molecule has 21 heavy (non-hydrogen) atoms. The van der Waals surface area contributed by atoms with Gasteiger partial charge in [-0.1, -0.05) is 0 Å². The van der Waals surface area contributed by atoms with Crippen LogP contribution in [0.3, 0.4) is 0 Å². The van der Waals surface area contributed by atoms with Crippen LogP contribution in [0.5, 0.6) is 0 Å². The van der Waals surface area contributed by atoms with Crippen molar-refractivity contribution < 1.29 is 4.79 Å². The van der Waals surface area contributed by atoms with E-state index in [2.05, 4.69) is 32.7 Å². The third kappa shape index (κ3) is 2.85. The van der Waals surface area contributed by atoms with Gasteiger partial charge in [0.2, 0.25) is 5.91 Å². The van der Waals surface area contributed by atoms with E-state index in [-0.39, 0.29) is 11.8 Å². The summed E-state index contributed by atoms with van der Waals surface area (Å²) in [6, 6.07) is 5.83. The van der Waals surface area contributed by atoms with E-state index in [9.17, 15) is 4.79 Å². The number of carbonyl (C=O) groups is 1. The number of thiophene rings is 1. The van der Waals surface area contributed by atoms with Gasteiger partial charge in [-0.3, -0.25) is 4.79 Å². The van der Waals surface area contributed by atoms with Crippen LogP contribution in [0, 0.1) is 6.92 Å². The first kappa shape index (κ1) is 14.6. The Morgan fingerprint density at radius 1 is 1.48 bits per heavy atom. The first-order valence-electron chi connectivity index (χ1n) is 6.99. The van der Waals surface area contributed by atoms with E-state index >= 15 is 0 Å². The van der Waals surface area contributed by atoms with Gasteiger partial charge in [-0.05, 0) is 76.8 Å². The summed E-state index contributed by atoms with van der Waals surface area (Å²) < 4.78 is 0.865. The Balaban J connectivity index is 1.84. The van der Waals surface area contributed by atoms with Crippen LogP contribution < -0.4 is 11.1 Å². The molecule has 0 fully saturated rings. The lowest BCUT2D eigenvalue weighted by Crippen LogP contribution is -2.24. The molecule has 0 radical (unpaired) electrons. The highest BCUT2D eigenvalue weighted by Crippen LogP contribution is 2.36. The third-order valence-corrected chi connectivity index (χ3v) is 5.63. The van der Waals surface area contributed by atoms with E-state index < -0.39 is 0 Å². The Kier molecular flexibility index (Phi) is 4.04. The average molecular weight is 365 g/mol. The molecule has 1 amide bonds. The van der Waals surface area contributed by atoms with Crippen molar-refractivity contribution in [3.8, 4) is 0 Å². The first-order chi connectivity index (χ1) is 10.1. The van der Waals surface area contributed by atoms with Gasteiger partial charge in [-0.2, -0.15) is 0 Å². The van der Waals surface area contributed by atoms with Gasteiger partial charge in [0.25, 0.3) is 0 Å². The maximum absolute atomic E-state index is 12.6. The van der Waals surface area contributed by atoms with E-state index in [1.807, 2.05) is 19.1 Å². The Morgan fingerprint density at radius 3 is 3.10 bits per heavy atom. The van der Waals surface area contributed by atoms with Crippen LogP contribution in [0.4, 0.5) is 11.4 Å². The molecule has 0 saturated carbocycles. The topological polar surface area (TPSA) is 55.1 Å². The Bertz CT molecular complexity index is 696. The molecule has 5 heteroatoms. The molecule has 1 aromatic carbocycles. The zero-order chi connectivity index (χ0) is 15.0. The number of benzene rings is 1. The van der Waals surface area contributed by atoms with Gasteiger partial charge in [-0.25, -0.2) is 0 Å². The van der Waals surface area contributed by atoms with Crippen LogP contribution in [0.2, 0.25) is 0 Å². The fourth-order valence-electron chi connectivity index (χ4n) is 2.76. The molecule has 3 nitrogen and oxygen atoms in total. The number of hydrogen-bond donors (Lipinski definition) is 2. The molecule has 3 rings (SSSR count). The molecule has 1 aliphatic rings. The number of fused-ring (bicyclic) bond motifs is 1. The normalized spacial score (nSPS) is 17.3. The predicted octanol–water partition coefficient (Wildman–Crippen LogP) is 4.46. The van der Waals surface area contributed by atoms with Crippen LogP contribution >= 0.6 is 27.3 Å². The monoisotopic (exact) mass is 364 g/mol. The van der Waals surface area contributed by atoms with Crippen molar-refractivity contribution in [3.63, 3.8) is 0 Å². The number of carbonyl (C=O) groups excluding carboxylic acids is 1.